The Labute approximate surface area is 745 Å². The van der Waals surface area contributed by atoms with Crippen LogP contribution >= 0.6 is 0 Å². The third-order valence-corrected chi connectivity index (χ3v) is 13.6. The second kappa shape index (κ2) is 58.4. The summed E-state index contributed by atoms with van der Waals surface area (Å²) in [4.78, 5) is 134. The van der Waals surface area contributed by atoms with Crippen LogP contribution in [0.15, 0.2) is 293 Å². The molecular weight excluding hydrogens is 1900 g/mol. The second-order valence-electron chi connectivity index (χ2n) is 20.8. The predicted molar refractivity (Wildman–Crippen MR) is 436 cm³/mol. The van der Waals surface area contributed by atoms with Gasteiger partial charge in [0.2, 0.25) is 0 Å². The van der Waals surface area contributed by atoms with Crippen LogP contribution in [-0.4, -0.2) is 120 Å². The third kappa shape index (κ3) is 36.0. The minimum absolute atomic E-state index is 0. The zero-order valence-corrected chi connectivity index (χ0v) is 66.2. The van der Waals surface area contributed by atoms with Crippen LogP contribution in [0.25, 0.3) is 137 Å². The molecule has 0 aliphatic heterocycles. The van der Waals surface area contributed by atoms with Crippen LogP contribution in [-0.2, 0) is 32.9 Å². The zero-order valence-electron chi connectivity index (χ0n) is 61.9. The van der Waals surface area contributed by atoms with E-state index in [1.807, 2.05) is 218 Å². The van der Waals surface area contributed by atoms with Crippen molar-refractivity contribution in [2.24, 2.45) is 0 Å². The quantitative estimate of drug-likeness (QED) is 0.0662. The van der Waals surface area contributed by atoms with Crippen LogP contribution in [0.1, 0.15) is 0 Å². The summed E-state index contributed by atoms with van der Waals surface area (Å²) in [6.45, 7) is 0. The van der Waals surface area contributed by atoms with Gasteiger partial charge in [0.25, 0.3) is 0 Å². The van der Waals surface area contributed by atoms with Gasteiger partial charge < -0.3 is 125 Å². The maximum absolute atomic E-state index is 8.25. The van der Waals surface area contributed by atoms with Crippen molar-refractivity contribution in [2.45, 2.75) is 0 Å². The van der Waals surface area contributed by atoms with E-state index in [4.69, 9.17) is 122 Å². The van der Waals surface area contributed by atoms with Crippen molar-refractivity contribution >= 4 is 0 Å². The molecule has 0 saturated carbocycles. The van der Waals surface area contributed by atoms with Gasteiger partial charge in [0.15, 0.2) is 0 Å². The fourth-order valence-electron chi connectivity index (χ4n) is 9.48. The summed E-state index contributed by atoms with van der Waals surface area (Å²) < 4.78 is 0. The van der Waals surface area contributed by atoms with Gasteiger partial charge in [0, 0.05) is 74.4 Å². The van der Waals surface area contributed by atoms with E-state index < -0.39 is 30.5 Å². The fourth-order valence-corrected chi connectivity index (χ4v) is 9.48. The Bertz CT molecular complexity index is 4350. The van der Waals surface area contributed by atoms with Crippen LogP contribution in [0, 0.1) is 169 Å². The van der Waals surface area contributed by atoms with Crippen LogP contribution in [0.2, 0.25) is 0 Å². The molecule has 0 amide bonds. The molecule has 0 saturated heterocycles. The Morgan fingerprint density at radius 1 is 0.148 bits per heavy atom. The first-order chi connectivity index (χ1) is 55.1. The van der Waals surface area contributed by atoms with E-state index in [1.54, 1.807) is 74.4 Å². The minimum Gasteiger partial charge on any atom is -0.457 e. The van der Waals surface area contributed by atoms with E-state index in [2.05, 4.69) is 59.8 Å². The van der Waals surface area contributed by atoms with E-state index in [-0.39, 0.29) is 110 Å². The zero-order chi connectivity index (χ0) is 82.0. The molecule has 122 heavy (non-hydrogen) atoms. The molecule has 50 heteroatoms. The molecule has 0 aliphatic carbocycles. The average Bonchev–Trinajstić information content (AvgIpc) is 0.781. The normalized spacial score (nSPS) is 9.05. The third-order valence-electron chi connectivity index (χ3n) is 13.6. The molecular formula is C72H66N24O24Tb2+6. The largest absolute Gasteiger partial charge is 3.00 e. The summed E-state index contributed by atoms with van der Waals surface area (Å²) in [6, 6.07) is 68.6. The minimum atomic E-state index is -1.75. The maximum atomic E-state index is 8.25. The van der Waals surface area contributed by atoms with Crippen molar-refractivity contribution in [2.75, 3.05) is 0 Å². The van der Waals surface area contributed by atoms with Crippen molar-refractivity contribution in [1.82, 2.24) is 89.7 Å². The summed E-state index contributed by atoms with van der Waals surface area (Å²) in [5, 5.41) is 88.5. The number of hydrogen-bond donors (Lipinski definition) is 0. The van der Waals surface area contributed by atoms with Gasteiger partial charge >= 0.3 is 77.2 Å². The molecule has 15 aromatic heterocycles. The van der Waals surface area contributed by atoms with Crippen LogP contribution in [0.5, 0.6) is 0 Å². The number of hydrogen-bond acceptors (Lipinski definition) is 36. The summed E-state index contributed by atoms with van der Waals surface area (Å²) >= 11 is 0. The van der Waals surface area contributed by atoms with Gasteiger partial charge in [-0.15, -0.1) is 0 Å². The van der Waals surface area contributed by atoms with Gasteiger partial charge in [-0.05, 0) is 146 Å². The van der Waals surface area contributed by atoms with Gasteiger partial charge in [0.1, 0.15) is 68.3 Å². The van der Waals surface area contributed by atoms with Gasteiger partial charge in [-0.3, -0.25) is 59.8 Å². The topological polar surface area (TPSA) is 827 Å². The number of rotatable bonds is 12. The van der Waals surface area contributed by atoms with Gasteiger partial charge in [-0.1, -0.05) is 72.8 Å². The molecule has 0 bridgehead atoms. The van der Waals surface area contributed by atoms with Crippen molar-refractivity contribution in [3.8, 4) is 137 Å². The Hall–Kier alpha value is -15.4. The van der Waals surface area contributed by atoms with E-state index in [1.165, 1.54) is 0 Å². The Balaban J connectivity index is 0. The first kappa shape index (κ1) is 109. The predicted octanol–water partition coefficient (Wildman–Crippen LogP) is 7.21. The Morgan fingerprint density at radius 2 is 0.213 bits per heavy atom. The molecule has 15 rings (SSSR count). The first-order valence-electron chi connectivity index (χ1n) is 31.7. The molecule has 48 nitrogen and oxygen atoms in total. The van der Waals surface area contributed by atoms with Crippen molar-refractivity contribution in [1.29, 1.82) is 0 Å². The summed E-state index contributed by atoms with van der Waals surface area (Å²) in [5.74, 6) is 0. The van der Waals surface area contributed by atoms with E-state index in [9.17, 15) is 0 Å². The molecule has 0 unspecified atom stereocenters. The number of aromatic nitrogens is 18. The van der Waals surface area contributed by atoms with E-state index in [0.29, 0.717) is 68.3 Å². The SMILES string of the molecule is O=[N+]([O-])[O-].O=[N+]([O-])[O-].O=[N+]([O-])[O-].O=[N+]([O-])[O-].O=[N+]([O-])[O-].O=[N+]([O-])[O-].[OH3+].[OH3+].[OH3+].[OH3+].[OH3+].[OH3+].[Tb+3].[Tb+3].c1ccc(-c2nc(-c3ccccn3)c(-c3ccccn3)nc2-c2ccccn2)nc1.c1ccc(-c2nc(-c3ccccn3)c(-c3ccccn3)nc2-c2ccccn2)nc1.c1ccc(-c2nc(-c3ccccn3)c(-c3ccccn3)nc2-c2ccccn2)nc1. The number of pyridine rings is 12. The standard InChI is InChI=1S/3C24H16N6.6NO3.6H2O.2Tb/c3*1-5-13-25-17(9-1)21-22(18-10-2-6-14-26-18)30-24(20-12-4-8-16-28-20)23(29-21)19-11-3-7-15-27-19;6*2-1(3)4;;;;;;;;/h3*1-16H;;;;;;;6*1H2;;/q;;;6*-1;;;;;;;2*+3/p+6. The monoisotopic (exact) mass is 1970 g/mol. The molecule has 15 aromatic rings. The second-order valence-corrected chi connectivity index (χ2v) is 20.8. The smallest absolute Gasteiger partial charge is 0.457 e. The summed E-state index contributed by atoms with van der Waals surface area (Å²) in [5.41, 5.74) is 16.4. The van der Waals surface area contributed by atoms with E-state index in [0.717, 1.165) is 68.3 Å². The Kier molecular flexibility index (Phi) is 52.0. The van der Waals surface area contributed by atoms with Crippen LogP contribution < -0.4 is 0 Å². The van der Waals surface area contributed by atoms with E-state index >= 15 is 0 Å². The van der Waals surface area contributed by atoms with Crippen molar-refractivity contribution < 1.29 is 141 Å². The van der Waals surface area contributed by atoms with Crippen molar-refractivity contribution in [3.63, 3.8) is 0 Å². The van der Waals surface area contributed by atoms with Crippen LogP contribution in [0.4, 0.5) is 0 Å². The molecule has 18 N–H and O–H groups in total. The Morgan fingerprint density at radius 3 is 0.262 bits per heavy atom. The average molecular weight is 1970 g/mol. The molecule has 15 heterocycles. The summed E-state index contributed by atoms with van der Waals surface area (Å²) in [6.07, 6.45) is 20.9. The van der Waals surface area contributed by atoms with Crippen molar-refractivity contribution in [3.05, 3.63) is 385 Å². The summed E-state index contributed by atoms with van der Waals surface area (Å²) in [7, 11) is 0. The maximum Gasteiger partial charge on any atom is 3.00 e. The number of nitrogens with zero attached hydrogens (tertiary/aromatic N) is 24. The van der Waals surface area contributed by atoms with Gasteiger partial charge in [0.05, 0.1) is 98.8 Å². The molecule has 0 fully saturated rings. The molecule has 0 atom stereocenters. The van der Waals surface area contributed by atoms with Gasteiger partial charge in [-0.25, -0.2) is 29.9 Å². The molecule has 0 aromatic carbocycles. The fraction of sp³-hybridized carbons (Fsp3) is 0. The van der Waals surface area contributed by atoms with Gasteiger partial charge in [-0.2, -0.15) is 0 Å². The van der Waals surface area contributed by atoms with Crippen LogP contribution in [0.3, 0.4) is 0 Å². The molecule has 0 aliphatic rings. The molecule has 0 radical (unpaired) electrons. The first-order valence-corrected chi connectivity index (χ1v) is 31.7. The molecule has 0 spiro atoms. The molecule has 630 valence electrons.